The van der Waals surface area contributed by atoms with Crippen molar-refractivity contribution in [1.82, 2.24) is 0 Å². The highest BCUT2D eigenvalue weighted by molar-refractivity contribution is 7.10. The maximum atomic E-state index is 13.8. The van der Waals surface area contributed by atoms with E-state index >= 15 is 0 Å². The van der Waals surface area contributed by atoms with E-state index in [4.69, 9.17) is 11.6 Å². The van der Waals surface area contributed by atoms with Crippen LogP contribution in [0.3, 0.4) is 0 Å². The van der Waals surface area contributed by atoms with E-state index in [0.717, 1.165) is 13.0 Å². The second-order valence-electron chi connectivity index (χ2n) is 6.62. The van der Waals surface area contributed by atoms with Crippen LogP contribution in [0, 0.1) is 11.7 Å². The SMILES string of the molecule is O=C(C[NH+]1CCc2sccc2[C@@H]1C1CC1)Nc1cc(Cl)ccc1F. The molecule has 24 heavy (non-hydrogen) atoms. The molecule has 4 rings (SSSR count). The number of amides is 1. The number of anilines is 1. The average Bonchev–Trinajstić information content (AvgIpc) is 3.27. The van der Waals surface area contributed by atoms with Gasteiger partial charge in [0.1, 0.15) is 11.9 Å². The van der Waals surface area contributed by atoms with Gasteiger partial charge in [-0.05, 0) is 42.5 Å². The van der Waals surface area contributed by atoms with E-state index in [1.807, 2.05) is 11.3 Å². The van der Waals surface area contributed by atoms with Gasteiger partial charge in [-0.3, -0.25) is 4.79 Å². The predicted octanol–water partition coefficient (Wildman–Crippen LogP) is 3.07. The van der Waals surface area contributed by atoms with Crippen LogP contribution >= 0.6 is 22.9 Å². The number of quaternary nitrogens is 1. The highest BCUT2D eigenvalue weighted by atomic mass is 35.5. The molecule has 3 nitrogen and oxygen atoms in total. The number of fused-ring (bicyclic) bond motifs is 1. The van der Waals surface area contributed by atoms with Crippen molar-refractivity contribution < 1.29 is 14.1 Å². The largest absolute Gasteiger partial charge is 0.320 e. The fourth-order valence-corrected chi connectivity index (χ4v) is 4.79. The average molecular weight is 366 g/mol. The molecule has 2 atom stereocenters. The van der Waals surface area contributed by atoms with Crippen molar-refractivity contribution >= 4 is 34.5 Å². The van der Waals surface area contributed by atoms with Gasteiger partial charge in [-0.25, -0.2) is 4.39 Å². The molecule has 1 aliphatic carbocycles. The fourth-order valence-electron chi connectivity index (χ4n) is 3.69. The van der Waals surface area contributed by atoms with Gasteiger partial charge in [0, 0.05) is 27.8 Å². The third-order valence-electron chi connectivity index (χ3n) is 4.91. The van der Waals surface area contributed by atoms with Gasteiger partial charge in [-0.1, -0.05) is 11.6 Å². The minimum Gasteiger partial charge on any atom is -0.320 e. The smallest absolute Gasteiger partial charge is 0.279 e. The first-order valence-electron chi connectivity index (χ1n) is 8.27. The molecule has 2 heterocycles. The summed E-state index contributed by atoms with van der Waals surface area (Å²) in [7, 11) is 0. The van der Waals surface area contributed by atoms with Gasteiger partial charge in [0.15, 0.2) is 6.54 Å². The van der Waals surface area contributed by atoms with Gasteiger partial charge < -0.3 is 10.2 Å². The summed E-state index contributed by atoms with van der Waals surface area (Å²) >= 11 is 7.71. The summed E-state index contributed by atoms with van der Waals surface area (Å²) in [4.78, 5) is 15.2. The molecule has 126 valence electrons. The zero-order valence-electron chi connectivity index (χ0n) is 13.1. The highest BCUT2D eigenvalue weighted by Gasteiger charge is 2.43. The maximum Gasteiger partial charge on any atom is 0.279 e. The quantitative estimate of drug-likeness (QED) is 0.857. The number of rotatable bonds is 4. The van der Waals surface area contributed by atoms with E-state index in [1.54, 1.807) is 0 Å². The first-order valence-corrected chi connectivity index (χ1v) is 9.53. The van der Waals surface area contributed by atoms with Crippen LogP contribution in [0.2, 0.25) is 5.02 Å². The highest BCUT2D eigenvalue weighted by Crippen LogP contribution is 2.42. The zero-order chi connectivity index (χ0) is 16.7. The molecule has 1 saturated carbocycles. The molecular formula is C18H19ClFN2OS+. The summed E-state index contributed by atoms with van der Waals surface area (Å²) in [6.45, 7) is 1.32. The molecule has 1 unspecified atom stereocenters. The molecule has 1 fully saturated rings. The van der Waals surface area contributed by atoms with Crippen LogP contribution < -0.4 is 10.2 Å². The van der Waals surface area contributed by atoms with Crippen LogP contribution in [-0.4, -0.2) is 19.0 Å². The maximum absolute atomic E-state index is 13.8. The number of halogens is 2. The van der Waals surface area contributed by atoms with E-state index in [1.165, 1.54) is 46.4 Å². The number of thiophene rings is 1. The van der Waals surface area contributed by atoms with Gasteiger partial charge in [0.05, 0.1) is 12.2 Å². The van der Waals surface area contributed by atoms with Crippen LogP contribution in [0.1, 0.15) is 29.3 Å². The molecule has 2 aliphatic rings. The van der Waals surface area contributed by atoms with E-state index < -0.39 is 5.82 Å². The van der Waals surface area contributed by atoms with E-state index in [2.05, 4.69) is 16.8 Å². The van der Waals surface area contributed by atoms with Crippen molar-refractivity contribution in [2.75, 3.05) is 18.4 Å². The minimum atomic E-state index is -0.458. The number of nitrogens with one attached hydrogen (secondary N) is 2. The predicted molar refractivity (Wildman–Crippen MR) is 94.2 cm³/mol. The van der Waals surface area contributed by atoms with Gasteiger partial charge >= 0.3 is 0 Å². The van der Waals surface area contributed by atoms with Gasteiger partial charge in [-0.2, -0.15) is 0 Å². The first kappa shape index (κ1) is 16.1. The molecule has 2 aromatic rings. The number of carbonyl (C=O) groups excluding carboxylic acids is 1. The normalized spacial score (nSPS) is 22.9. The molecule has 0 spiro atoms. The molecule has 1 aliphatic heterocycles. The molecule has 1 amide bonds. The summed E-state index contributed by atoms with van der Waals surface area (Å²) in [6.07, 6.45) is 3.51. The summed E-state index contributed by atoms with van der Waals surface area (Å²) in [6, 6.07) is 6.83. The monoisotopic (exact) mass is 365 g/mol. The van der Waals surface area contributed by atoms with Crippen molar-refractivity contribution in [1.29, 1.82) is 0 Å². The Balaban J connectivity index is 1.48. The summed E-state index contributed by atoms with van der Waals surface area (Å²) in [5.74, 6) is 0.0695. The lowest BCUT2D eigenvalue weighted by atomic mass is 9.96. The molecular weight excluding hydrogens is 347 g/mol. The van der Waals surface area contributed by atoms with Crippen molar-refractivity contribution in [2.24, 2.45) is 5.92 Å². The second-order valence-corrected chi connectivity index (χ2v) is 8.06. The van der Waals surface area contributed by atoms with Crippen molar-refractivity contribution in [3.8, 4) is 0 Å². The Morgan fingerprint density at radius 1 is 1.38 bits per heavy atom. The third kappa shape index (κ3) is 3.21. The second kappa shape index (κ2) is 6.47. The standard InChI is InChI=1S/C18H18ClFN2OS/c19-12-3-4-14(20)15(9-12)21-17(23)10-22-7-5-16-13(6-8-24-16)18(22)11-1-2-11/h3-4,6,8-9,11,18H,1-2,5,7,10H2,(H,21,23)/p+1/t18-/m0/s1. The van der Waals surface area contributed by atoms with Crippen LogP contribution in [0.4, 0.5) is 10.1 Å². The summed E-state index contributed by atoms with van der Waals surface area (Å²) in [5.41, 5.74) is 1.58. The first-order chi connectivity index (χ1) is 11.6. The Hall–Kier alpha value is -1.43. The molecule has 1 aromatic heterocycles. The number of hydrogen-bond acceptors (Lipinski definition) is 2. The molecule has 0 bridgehead atoms. The van der Waals surface area contributed by atoms with Crippen LogP contribution in [0.25, 0.3) is 0 Å². The minimum absolute atomic E-state index is 0.156. The van der Waals surface area contributed by atoms with Crippen molar-refractivity contribution in [3.63, 3.8) is 0 Å². The van der Waals surface area contributed by atoms with E-state index in [-0.39, 0.29) is 11.6 Å². The van der Waals surface area contributed by atoms with Crippen LogP contribution in [0.15, 0.2) is 29.6 Å². The number of carbonyl (C=O) groups is 1. The lowest BCUT2D eigenvalue weighted by Crippen LogP contribution is -3.14. The topological polar surface area (TPSA) is 33.5 Å². The van der Waals surface area contributed by atoms with Crippen molar-refractivity contribution in [3.05, 3.63) is 50.9 Å². The van der Waals surface area contributed by atoms with Gasteiger partial charge in [-0.15, -0.1) is 11.3 Å². The van der Waals surface area contributed by atoms with Gasteiger partial charge in [0.2, 0.25) is 0 Å². The Bertz CT molecular complexity index is 774. The summed E-state index contributed by atoms with van der Waals surface area (Å²) in [5, 5.41) is 5.25. The molecule has 0 radical (unpaired) electrons. The molecule has 1 aromatic carbocycles. The third-order valence-corrected chi connectivity index (χ3v) is 6.14. The van der Waals surface area contributed by atoms with E-state index in [9.17, 15) is 9.18 Å². The Labute approximate surface area is 149 Å². The van der Waals surface area contributed by atoms with E-state index in [0.29, 0.717) is 23.5 Å². The zero-order valence-corrected chi connectivity index (χ0v) is 14.7. The van der Waals surface area contributed by atoms with Gasteiger partial charge in [0.25, 0.3) is 5.91 Å². The lowest BCUT2D eigenvalue weighted by Gasteiger charge is -2.32. The Morgan fingerprint density at radius 3 is 3.00 bits per heavy atom. The van der Waals surface area contributed by atoms with Crippen LogP contribution in [0.5, 0.6) is 0 Å². The van der Waals surface area contributed by atoms with Crippen molar-refractivity contribution in [2.45, 2.75) is 25.3 Å². The molecule has 0 saturated heterocycles. The number of benzene rings is 1. The summed E-state index contributed by atoms with van der Waals surface area (Å²) < 4.78 is 13.8. The Morgan fingerprint density at radius 2 is 2.21 bits per heavy atom. The molecule has 6 heteroatoms. The molecule has 2 N–H and O–H groups in total. The Kier molecular flexibility index (Phi) is 4.33. The van der Waals surface area contributed by atoms with Crippen LogP contribution in [-0.2, 0) is 11.2 Å². The fraction of sp³-hybridized carbons (Fsp3) is 0.389. The lowest BCUT2D eigenvalue weighted by molar-refractivity contribution is -0.928. The number of hydrogen-bond donors (Lipinski definition) is 2.